The third-order valence-corrected chi connectivity index (χ3v) is 6.87. The molecule has 0 saturated heterocycles. The molecule has 1 atom stereocenters. The summed E-state index contributed by atoms with van der Waals surface area (Å²) in [6.07, 6.45) is 2.37. The Bertz CT molecular complexity index is 1480. The molecule has 4 heterocycles. The van der Waals surface area contributed by atoms with E-state index in [0.29, 0.717) is 29.3 Å². The van der Waals surface area contributed by atoms with E-state index in [4.69, 9.17) is 9.97 Å². The summed E-state index contributed by atoms with van der Waals surface area (Å²) in [7, 11) is 2.03. The maximum atomic E-state index is 13.1. The Morgan fingerprint density at radius 3 is 2.67 bits per heavy atom. The van der Waals surface area contributed by atoms with Crippen LogP contribution in [0.1, 0.15) is 44.5 Å². The Balaban J connectivity index is 1.55. The molecule has 0 spiro atoms. The van der Waals surface area contributed by atoms with Crippen LogP contribution in [0.4, 0.5) is 11.6 Å². The van der Waals surface area contributed by atoms with Gasteiger partial charge in [-0.05, 0) is 55.8 Å². The van der Waals surface area contributed by atoms with E-state index in [1.54, 1.807) is 15.6 Å². The largest absolute Gasteiger partial charge is 0.395 e. The molecule has 2 N–H and O–H groups in total. The summed E-state index contributed by atoms with van der Waals surface area (Å²) in [6, 6.07) is 12.2. The molecule has 9 heteroatoms. The van der Waals surface area contributed by atoms with Crippen molar-refractivity contribution in [1.29, 1.82) is 0 Å². The third-order valence-electron chi connectivity index (χ3n) is 6.87. The molecule has 1 aliphatic rings. The van der Waals surface area contributed by atoms with Crippen LogP contribution in [0.3, 0.4) is 0 Å². The van der Waals surface area contributed by atoms with Crippen LogP contribution in [-0.4, -0.2) is 54.0 Å². The summed E-state index contributed by atoms with van der Waals surface area (Å²) in [5.74, 6) is 1.05. The van der Waals surface area contributed by atoms with E-state index in [1.165, 1.54) is 11.1 Å². The van der Waals surface area contributed by atoms with Crippen molar-refractivity contribution < 1.29 is 5.11 Å². The van der Waals surface area contributed by atoms with E-state index in [-0.39, 0.29) is 23.6 Å². The van der Waals surface area contributed by atoms with Crippen LogP contribution in [0.5, 0.6) is 0 Å². The van der Waals surface area contributed by atoms with Gasteiger partial charge in [-0.15, -0.1) is 0 Å². The van der Waals surface area contributed by atoms with Crippen LogP contribution in [-0.2, 0) is 24.9 Å². The van der Waals surface area contributed by atoms with Crippen molar-refractivity contribution in [2.24, 2.45) is 0 Å². The number of hydrogen-bond donors (Lipinski definition) is 2. The molecule has 3 aromatic heterocycles. The van der Waals surface area contributed by atoms with Crippen molar-refractivity contribution in [2.75, 3.05) is 19.0 Å². The molecular weight excluding hydrogens is 454 g/mol. The molecule has 0 bridgehead atoms. The van der Waals surface area contributed by atoms with Crippen molar-refractivity contribution in [3.63, 3.8) is 0 Å². The lowest BCUT2D eigenvalue weighted by molar-refractivity contribution is 0.131. The summed E-state index contributed by atoms with van der Waals surface area (Å²) < 4.78 is 3.43. The number of nitrogens with one attached hydrogen (secondary N) is 1. The molecule has 4 aromatic rings. The zero-order valence-corrected chi connectivity index (χ0v) is 21.5. The first-order chi connectivity index (χ1) is 17.2. The lowest BCUT2D eigenvalue weighted by Crippen LogP contribution is -2.39. The highest BCUT2D eigenvalue weighted by atomic mass is 16.3. The third kappa shape index (κ3) is 4.29. The molecule has 5 rings (SSSR count). The summed E-state index contributed by atoms with van der Waals surface area (Å²) >= 11 is 0. The van der Waals surface area contributed by atoms with Crippen LogP contribution in [0.2, 0.25) is 0 Å². The van der Waals surface area contributed by atoms with Crippen molar-refractivity contribution in [2.45, 2.75) is 58.7 Å². The average molecular weight is 488 g/mol. The van der Waals surface area contributed by atoms with E-state index in [2.05, 4.69) is 48.1 Å². The predicted molar refractivity (Wildman–Crippen MR) is 141 cm³/mol. The second-order valence-electron chi connectivity index (χ2n) is 10.5. The average Bonchev–Trinajstić information content (AvgIpc) is 3.14. The number of likely N-dealkylation sites (N-methyl/N-ethyl adjacent to an activating group) is 1. The summed E-state index contributed by atoms with van der Waals surface area (Å²) in [6.45, 7) is 9.69. The first-order valence-electron chi connectivity index (χ1n) is 12.4. The number of rotatable bonds is 5. The smallest absolute Gasteiger partial charge is 0.278 e. The van der Waals surface area contributed by atoms with Crippen molar-refractivity contribution in [3.8, 4) is 5.82 Å². The van der Waals surface area contributed by atoms with Gasteiger partial charge < -0.3 is 10.4 Å². The Kier molecular flexibility index (Phi) is 6.13. The van der Waals surface area contributed by atoms with Crippen molar-refractivity contribution in [3.05, 3.63) is 69.8 Å². The fourth-order valence-electron chi connectivity index (χ4n) is 4.75. The maximum Gasteiger partial charge on any atom is 0.278 e. The first-order valence-corrected chi connectivity index (χ1v) is 12.4. The van der Waals surface area contributed by atoms with Gasteiger partial charge in [0.05, 0.1) is 6.61 Å². The van der Waals surface area contributed by atoms with E-state index in [0.717, 1.165) is 24.3 Å². The van der Waals surface area contributed by atoms with Crippen LogP contribution < -0.4 is 10.9 Å². The first kappa shape index (κ1) is 24.1. The number of hydrogen-bond acceptors (Lipinski definition) is 7. The number of pyridine rings is 1. The van der Waals surface area contributed by atoms with Gasteiger partial charge in [0.2, 0.25) is 5.95 Å². The summed E-state index contributed by atoms with van der Waals surface area (Å²) in [5, 5.41) is 13.5. The Morgan fingerprint density at radius 1 is 1.14 bits per heavy atom. The van der Waals surface area contributed by atoms with Crippen LogP contribution >= 0.6 is 0 Å². The van der Waals surface area contributed by atoms with Gasteiger partial charge in [-0.3, -0.25) is 9.69 Å². The Labute approximate surface area is 210 Å². The van der Waals surface area contributed by atoms with Gasteiger partial charge in [-0.25, -0.2) is 19.3 Å². The van der Waals surface area contributed by atoms with Gasteiger partial charge in [0.1, 0.15) is 5.39 Å². The number of aromatic nitrogens is 5. The van der Waals surface area contributed by atoms with Crippen molar-refractivity contribution in [1.82, 2.24) is 29.2 Å². The van der Waals surface area contributed by atoms with Crippen LogP contribution in [0.25, 0.3) is 16.9 Å². The second-order valence-corrected chi connectivity index (χ2v) is 10.5. The molecule has 0 amide bonds. The minimum Gasteiger partial charge on any atom is -0.395 e. The normalized spacial score (nSPS) is 16.3. The quantitative estimate of drug-likeness (QED) is 0.445. The Hall–Kier alpha value is -3.56. The molecule has 0 fully saturated rings. The molecule has 0 saturated carbocycles. The Morgan fingerprint density at radius 2 is 1.94 bits per heavy atom. The van der Waals surface area contributed by atoms with E-state index in [1.807, 2.05) is 38.2 Å². The molecule has 36 heavy (non-hydrogen) atoms. The highest BCUT2D eigenvalue weighted by Gasteiger charge is 2.23. The molecule has 188 valence electrons. The number of aliphatic hydroxyl groups is 1. The van der Waals surface area contributed by atoms with Gasteiger partial charge in [-0.2, -0.15) is 4.98 Å². The van der Waals surface area contributed by atoms with Crippen molar-refractivity contribution >= 4 is 22.7 Å². The van der Waals surface area contributed by atoms with Gasteiger partial charge >= 0.3 is 0 Å². The van der Waals surface area contributed by atoms with Gasteiger partial charge in [0.25, 0.3) is 5.56 Å². The lowest BCUT2D eigenvalue weighted by Gasteiger charge is -2.33. The second kappa shape index (κ2) is 9.15. The van der Waals surface area contributed by atoms with E-state index >= 15 is 0 Å². The minimum atomic E-state index is -0.144. The fourth-order valence-corrected chi connectivity index (χ4v) is 4.75. The van der Waals surface area contributed by atoms with Crippen LogP contribution in [0, 0.1) is 0 Å². The number of anilines is 2. The number of benzene rings is 1. The zero-order valence-electron chi connectivity index (χ0n) is 21.5. The van der Waals surface area contributed by atoms with Crippen LogP contribution in [0.15, 0.2) is 47.4 Å². The molecule has 0 aliphatic carbocycles. The van der Waals surface area contributed by atoms with E-state index in [9.17, 15) is 9.90 Å². The van der Waals surface area contributed by atoms with Gasteiger partial charge in [0.15, 0.2) is 11.5 Å². The predicted octanol–water partition coefficient (Wildman–Crippen LogP) is 3.39. The summed E-state index contributed by atoms with van der Waals surface area (Å²) in [4.78, 5) is 29.4. The summed E-state index contributed by atoms with van der Waals surface area (Å²) in [5.41, 5.74) is 4.50. The topological polar surface area (TPSA) is 101 Å². The molecular formula is C27H33N7O2. The van der Waals surface area contributed by atoms with Gasteiger partial charge in [-0.1, -0.05) is 32.9 Å². The number of fused-ring (bicyclic) bond motifs is 2. The lowest BCUT2D eigenvalue weighted by atomic mass is 9.92. The zero-order chi connectivity index (χ0) is 25.6. The molecule has 1 aromatic carbocycles. The highest BCUT2D eigenvalue weighted by molar-refractivity contribution is 5.77. The SMILES string of the molecule is CCn1c(=O)c2cnc(Nc3ccc4c(c3)CC(CO)N(C)C4)nc2n1-c1cccc(C(C)(C)C)n1. The highest BCUT2D eigenvalue weighted by Crippen LogP contribution is 2.27. The minimum absolute atomic E-state index is 0.111. The standard InChI is InChI=1S/C27H33N7O2/c1-6-33-25(36)21-14-28-26(29-19-11-10-17-15-32(5)20(16-35)13-18(17)12-19)31-24(21)34(33)23-9-7-8-22(30-23)27(2,3)4/h7-12,14,20,35H,6,13,15-16H2,1-5H3,(H,28,29,31). The fraction of sp³-hybridized carbons (Fsp3) is 0.407. The number of aliphatic hydroxyl groups excluding tert-OH is 1. The molecule has 0 radical (unpaired) electrons. The molecule has 1 unspecified atom stereocenters. The molecule has 9 nitrogen and oxygen atoms in total. The molecule has 1 aliphatic heterocycles. The van der Waals surface area contributed by atoms with Gasteiger partial charge in [0, 0.05) is 42.1 Å². The van der Waals surface area contributed by atoms with E-state index < -0.39 is 0 Å². The monoisotopic (exact) mass is 487 g/mol. The number of nitrogens with zero attached hydrogens (tertiary/aromatic N) is 6. The maximum absolute atomic E-state index is 13.1.